The van der Waals surface area contributed by atoms with Crippen LogP contribution in [0.25, 0.3) is 0 Å². The number of aliphatic hydroxyl groups is 1. The van der Waals surface area contributed by atoms with E-state index in [4.69, 9.17) is 24.7 Å². The molecule has 11 nitrogen and oxygen atoms in total. The largest absolute Gasteiger partial charge is 0.492 e. The monoisotopic (exact) mass is 576 g/mol. The zero-order valence-corrected chi connectivity index (χ0v) is 25.1. The molecule has 0 spiro atoms. The Hall–Kier alpha value is -3.54. The van der Waals surface area contributed by atoms with Crippen LogP contribution in [0.4, 0.5) is 4.79 Å². The molecule has 1 heterocycles. The van der Waals surface area contributed by atoms with E-state index in [2.05, 4.69) is 5.32 Å². The second-order valence-electron chi connectivity index (χ2n) is 10.2. The fraction of sp³-hybridized carbons (Fsp3) is 0.533. The van der Waals surface area contributed by atoms with Crippen LogP contribution in [0.5, 0.6) is 0 Å². The first-order chi connectivity index (χ1) is 19.3. The average Bonchev–Trinajstić information content (AvgIpc) is 2.91. The minimum Gasteiger partial charge on any atom is -0.492 e. The fourth-order valence-electron chi connectivity index (χ4n) is 4.57. The van der Waals surface area contributed by atoms with Crippen molar-refractivity contribution >= 4 is 24.1 Å². The number of ether oxygens (including phenoxy) is 4. The van der Waals surface area contributed by atoms with Crippen molar-refractivity contribution in [1.82, 2.24) is 5.32 Å². The third-order valence-corrected chi connectivity index (χ3v) is 6.74. The summed E-state index contributed by atoms with van der Waals surface area (Å²) in [5.74, 6) is -1.80. The number of aldehydes is 1. The first-order valence-electron chi connectivity index (χ1n) is 13.3. The predicted molar refractivity (Wildman–Crippen MR) is 153 cm³/mol. The highest BCUT2D eigenvalue weighted by molar-refractivity contribution is 6.06. The Morgan fingerprint density at radius 2 is 1.78 bits per heavy atom. The smallest absolute Gasteiger partial charge is 0.405 e. The molecule has 0 aromatic carbocycles. The van der Waals surface area contributed by atoms with E-state index < -0.39 is 48.1 Å². The molecule has 0 saturated heterocycles. The molecule has 0 bridgehead atoms. The van der Waals surface area contributed by atoms with Crippen LogP contribution in [0.15, 0.2) is 58.6 Å². The number of ketones is 1. The normalized spacial score (nSPS) is 34.3. The standard InChI is InChI=1S/C30H44N2O9/c1-17-12-22(16-33)28(40-8)23(34)15-21(5)32-29(36)18(2)10-9-11-24(38-6)27(41-30(31)37)20(4)14-19(3)26(35)25(13-17)39-7/h9-11,14-17,19,24-27,35H,12-13H2,1-8H3,(H2,31,37)(H,32,36)/b11-9+,18-10+,20-14+,21-15+,28-22-/t17-,19+,24+,25+,26-,27+/m1/s1. The number of nitrogens with two attached hydrogens (primary N) is 1. The van der Waals surface area contributed by atoms with Crippen molar-refractivity contribution in [3.63, 3.8) is 0 Å². The van der Waals surface area contributed by atoms with Crippen LogP contribution in [0, 0.1) is 11.8 Å². The second-order valence-corrected chi connectivity index (χ2v) is 10.2. The number of nitrogens with one attached hydrogen (secondary N) is 1. The van der Waals surface area contributed by atoms with Crippen molar-refractivity contribution in [1.29, 1.82) is 0 Å². The molecule has 0 unspecified atom stereocenters. The van der Waals surface area contributed by atoms with E-state index >= 15 is 0 Å². The zero-order chi connectivity index (χ0) is 31.3. The number of hydrogen-bond acceptors (Lipinski definition) is 9. The number of carbonyl (C=O) groups excluding carboxylic acids is 4. The molecule has 1 aliphatic rings. The van der Waals surface area contributed by atoms with Crippen LogP contribution in [-0.4, -0.2) is 74.9 Å². The molecule has 1 rings (SSSR count). The Kier molecular flexibility index (Phi) is 15.0. The lowest BCUT2D eigenvalue weighted by Crippen LogP contribution is -2.37. The van der Waals surface area contributed by atoms with Crippen LogP contribution in [0.3, 0.4) is 0 Å². The molecule has 0 fully saturated rings. The summed E-state index contributed by atoms with van der Waals surface area (Å²) in [5, 5.41) is 13.8. The van der Waals surface area contributed by atoms with E-state index in [0.717, 1.165) is 0 Å². The summed E-state index contributed by atoms with van der Waals surface area (Å²) in [6.07, 6.45) is 4.50. The molecule has 0 aliphatic carbocycles. The van der Waals surface area contributed by atoms with Crippen LogP contribution < -0.4 is 11.1 Å². The Bertz CT molecular complexity index is 1100. The first-order valence-corrected chi connectivity index (χ1v) is 13.3. The van der Waals surface area contributed by atoms with Gasteiger partial charge in [-0.1, -0.05) is 38.2 Å². The quantitative estimate of drug-likeness (QED) is 0.330. The predicted octanol–water partition coefficient (Wildman–Crippen LogP) is 3.04. The molecular formula is C30H44N2O9. The summed E-state index contributed by atoms with van der Waals surface area (Å²) in [5.41, 5.74) is 6.62. The number of rotatable bonds is 5. The third kappa shape index (κ3) is 11.1. The topological polar surface area (TPSA) is 163 Å². The number of primary amides is 1. The molecule has 6 atom stereocenters. The number of methoxy groups -OCH3 is 3. The van der Waals surface area contributed by atoms with E-state index in [1.807, 2.05) is 6.92 Å². The van der Waals surface area contributed by atoms with Gasteiger partial charge >= 0.3 is 6.09 Å². The van der Waals surface area contributed by atoms with E-state index in [-0.39, 0.29) is 29.4 Å². The zero-order valence-electron chi connectivity index (χ0n) is 25.1. The van der Waals surface area contributed by atoms with Gasteiger partial charge in [0.05, 0.1) is 19.3 Å². The van der Waals surface area contributed by atoms with Crippen molar-refractivity contribution in [3.05, 3.63) is 58.6 Å². The lowest BCUT2D eigenvalue weighted by molar-refractivity contribution is -0.116. The molecule has 2 amide bonds. The van der Waals surface area contributed by atoms with Gasteiger partial charge < -0.3 is 35.1 Å². The van der Waals surface area contributed by atoms with E-state index in [1.54, 1.807) is 45.9 Å². The summed E-state index contributed by atoms with van der Waals surface area (Å²) in [7, 11) is 4.21. The highest BCUT2D eigenvalue weighted by atomic mass is 16.6. The molecule has 4 N–H and O–H groups in total. The van der Waals surface area contributed by atoms with Gasteiger partial charge in [0, 0.05) is 43.1 Å². The van der Waals surface area contributed by atoms with Crippen molar-refractivity contribution in [2.75, 3.05) is 21.3 Å². The maximum Gasteiger partial charge on any atom is 0.405 e. The number of amides is 2. The van der Waals surface area contributed by atoms with Crippen molar-refractivity contribution in [2.45, 2.75) is 71.9 Å². The Morgan fingerprint density at radius 3 is 2.32 bits per heavy atom. The highest BCUT2D eigenvalue weighted by Crippen LogP contribution is 2.26. The van der Waals surface area contributed by atoms with Crippen LogP contribution in [-0.2, 0) is 33.3 Å². The summed E-state index contributed by atoms with van der Waals surface area (Å²) >= 11 is 0. The Morgan fingerprint density at radius 1 is 1.12 bits per heavy atom. The van der Waals surface area contributed by atoms with Gasteiger partial charge in [-0.05, 0) is 45.1 Å². The highest BCUT2D eigenvalue weighted by Gasteiger charge is 2.29. The second kappa shape index (κ2) is 17.3. The summed E-state index contributed by atoms with van der Waals surface area (Å²) in [6, 6.07) is 0. The van der Waals surface area contributed by atoms with Gasteiger partial charge in [-0.25, -0.2) is 4.79 Å². The molecule has 0 saturated carbocycles. The van der Waals surface area contributed by atoms with Gasteiger partial charge in [0.2, 0.25) is 5.78 Å². The molecule has 0 aromatic rings. The molecule has 41 heavy (non-hydrogen) atoms. The van der Waals surface area contributed by atoms with Gasteiger partial charge in [-0.2, -0.15) is 0 Å². The van der Waals surface area contributed by atoms with E-state index in [0.29, 0.717) is 23.9 Å². The molecule has 0 aromatic heterocycles. The van der Waals surface area contributed by atoms with Crippen LogP contribution in [0.1, 0.15) is 47.5 Å². The van der Waals surface area contributed by atoms with E-state index in [9.17, 15) is 24.3 Å². The van der Waals surface area contributed by atoms with Gasteiger partial charge in [-0.3, -0.25) is 14.4 Å². The lowest BCUT2D eigenvalue weighted by Gasteiger charge is -2.29. The number of aliphatic hydroxyl groups excluding tert-OH is 1. The van der Waals surface area contributed by atoms with Gasteiger partial charge in [-0.15, -0.1) is 0 Å². The van der Waals surface area contributed by atoms with Crippen molar-refractivity contribution in [3.8, 4) is 0 Å². The van der Waals surface area contributed by atoms with Crippen LogP contribution in [0.2, 0.25) is 0 Å². The molecule has 1 aliphatic heterocycles. The van der Waals surface area contributed by atoms with Gasteiger partial charge in [0.1, 0.15) is 12.4 Å². The number of hydrogen-bond donors (Lipinski definition) is 3. The van der Waals surface area contributed by atoms with Crippen LogP contribution >= 0.6 is 0 Å². The van der Waals surface area contributed by atoms with Crippen molar-refractivity contribution < 1.29 is 43.2 Å². The molecule has 0 radical (unpaired) electrons. The Balaban J connectivity index is 3.66. The van der Waals surface area contributed by atoms with Crippen molar-refractivity contribution in [2.24, 2.45) is 17.6 Å². The van der Waals surface area contributed by atoms with Gasteiger partial charge in [0.15, 0.2) is 11.9 Å². The number of carbonyl (C=O) groups is 4. The number of allylic oxidation sites excluding steroid dienone is 5. The molecule has 228 valence electrons. The first kappa shape index (κ1) is 35.5. The SMILES string of the molecule is CO/C1=C(\C=O)C[C@@H](C)C[C@H](OC)[C@H](O)[C@@H](C)/C=C(\C)[C@H](OC(N)=O)[C@@H](OC)/C=C/C=C(\C)C(=O)N/C(C)=C/C1=O. The third-order valence-electron chi connectivity index (χ3n) is 6.74. The fourth-order valence-corrected chi connectivity index (χ4v) is 4.57. The Labute approximate surface area is 242 Å². The minimum absolute atomic E-state index is 0.130. The average molecular weight is 577 g/mol. The maximum absolute atomic E-state index is 12.9. The summed E-state index contributed by atoms with van der Waals surface area (Å²) in [4.78, 5) is 49.3. The molecular weight excluding hydrogens is 532 g/mol. The van der Waals surface area contributed by atoms with E-state index in [1.165, 1.54) is 33.5 Å². The summed E-state index contributed by atoms with van der Waals surface area (Å²) < 4.78 is 21.8. The maximum atomic E-state index is 12.9. The lowest BCUT2D eigenvalue weighted by atomic mass is 9.88. The van der Waals surface area contributed by atoms with Gasteiger partial charge in [0.25, 0.3) is 5.91 Å². The molecule has 11 heteroatoms. The summed E-state index contributed by atoms with van der Waals surface area (Å²) in [6.45, 7) is 8.50. The minimum atomic E-state index is -1.00.